The smallest absolute Gasteiger partial charge is 0.244 e. The first-order valence-electron chi connectivity index (χ1n) is 8.67. The third-order valence-corrected chi connectivity index (χ3v) is 4.92. The number of carbonyl (C=O) groups is 2. The molecule has 3 rings (SSSR count). The maximum absolute atomic E-state index is 12.2. The minimum Gasteiger partial charge on any atom is -0.496 e. The van der Waals surface area contributed by atoms with Gasteiger partial charge in [-0.3, -0.25) is 9.59 Å². The van der Waals surface area contributed by atoms with E-state index in [1.807, 2.05) is 4.90 Å². The van der Waals surface area contributed by atoms with Crippen LogP contribution in [0.4, 0.5) is 0 Å². The van der Waals surface area contributed by atoms with Crippen LogP contribution in [0.2, 0.25) is 5.02 Å². The summed E-state index contributed by atoms with van der Waals surface area (Å²) in [4.78, 5) is 26.1. The van der Waals surface area contributed by atoms with Crippen molar-refractivity contribution in [2.24, 2.45) is 5.92 Å². The van der Waals surface area contributed by atoms with Crippen molar-refractivity contribution < 1.29 is 14.3 Å². The molecule has 2 fully saturated rings. The molecule has 0 spiro atoms. The number of rotatable bonds is 5. The van der Waals surface area contributed by atoms with E-state index in [2.05, 4.69) is 5.32 Å². The van der Waals surface area contributed by atoms with Gasteiger partial charge in [-0.25, -0.2) is 0 Å². The molecule has 1 saturated carbocycles. The molecule has 0 radical (unpaired) electrons. The van der Waals surface area contributed by atoms with Crippen molar-refractivity contribution in [3.8, 4) is 5.75 Å². The number of amides is 2. The van der Waals surface area contributed by atoms with Crippen molar-refractivity contribution in [3.05, 3.63) is 34.9 Å². The minimum absolute atomic E-state index is 0.113. The highest BCUT2D eigenvalue weighted by molar-refractivity contribution is 6.30. The number of carbonyl (C=O) groups excluding carboxylic acids is 2. The summed E-state index contributed by atoms with van der Waals surface area (Å²) >= 11 is 5.99. The van der Waals surface area contributed by atoms with E-state index in [0.29, 0.717) is 10.8 Å². The van der Waals surface area contributed by atoms with Crippen LogP contribution < -0.4 is 10.1 Å². The normalized spacial score (nSPS) is 18.4. The Morgan fingerprint density at radius 3 is 2.60 bits per heavy atom. The molecule has 1 aliphatic carbocycles. The first-order chi connectivity index (χ1) is 12.1. The third kappa shape index (κ3) is 4.75. The predicted molar refractivity (Wildman–Crippen MR) is 97.5 cm³/mol. The van der Waals surface area contributed by atoms with Crippen molar-refractivity contribution >= 4 is 29.5 Å². The minimum atomic E-state index is -0.144. The Balaban J connectivity index is 1.50. The molecule has 0 bridgehead atoms. The van der Waals surface area contributed by atoms with Gasteiger partial charge in [0.15, 0.2) is 0 Å². The number of hydrogen-bond acceptors (Lipinski definition) is 3. The van der Waals surface area contributed by atoms with Gasteiger partial charge < -0.3 is 15.0 Å². The second kappa shape index (κ2) is 7.91. The van der Waals surface area contributed by atoms with Gasteiger partial charge in [0, 0.05) is 41.7 Å². The van der Waals surface area contributed by atoms with Gasteiger partial charge in [-0.2, -0.15) is 0 Å². The summed E-state index contributed by atoms with van der Waals surface area (Å²) in [5, 5.41) is 3.60. The largest absolute Gasteiger partial charge is 0.496 e. The molecule has 0 aromatic heterocycles. The van der Waals surface area contributed by atoms with Crippen LogP contribution in [-0.4, -0.2) is 43.0 Å². The van der Waals surface area contributed by atoms with Gasteiger partial charge in [0.2, 0.25) is 11.8 Å². The van der Waals surface area contributed by atoms with Gasteiger partial charge >= 0.3 is 0 Å². The molecular weight excluding hydrogens is 340 g/mol. The van der Waals surface area contributed by atoms with Crippen LogP contribution in [0.1, 0.15) is 31.2 Å². The topological polar surface area (TPSA) is 58.6 Å². The molecule has 1 N–H and O–H groups in total. The van der Waals surface area contributed by atoms with E-state index in [1.165, 1.54) is 6.08 Å². The molecule has 1 aromatic carbocycles. The highest BCUT2D eigenvalue weighted by Crippen LogP contribution is 2.31. The number of hydrogen-bond donors (Lipinski definition) is 1. The zero-order valence-corrected chi connectivity index (χ0v) is 15.1. The van der Waals surface area contributed by atoms with Gasteiger partial charge in [0.1, 0.15) is 5.75 Å². The number of nitrogens with one attached hydrogen (secondary N) is 1. The zero-order chi connectivity index (χ0) is 17.8. The predicted octanol–water partition coefficient (Wildman–Crippen LogP) is 2.88. The molecule has 0 atom stereocenters. The Hall–Kier alpha value is -2.01. The van der Waals surface area contributed by atoms with Crippen LogP contribution in [0.25, 0.3) is 6.08 Å². The van der Waals surface area contributed by atoms with E-state index in [0.717, 1.165) is 44.3 Å². The lowest BCUT2D eigenvalue weighted by Crippen LogP contribution is -2.46. The summed E-state index contributed by atoms with van der Waals surface area (Å²) in [5.74, 6) is 1.08. The van der Waals surface area contributed by atoms with Crippen LogP contribution in [0, 0.1) is 5.92 Å². The molecule has 5 nitrogen and oxygen atoms in total. The number of piperidine rings is 1. The average Bonchev–Trinajstić information content (AvgIpc) is 3.45. The van der Waals surface area contributed by atoms with E-state index in [9.17, 15) is 9.59 Å². The van der Waals surface area contributed by atoms with Gasteiger partial charge in [-0.05, 0) is 50.0 Å². The molecule has 0 unspecified atom stereocenters. The number of likely N-dealkylation sites (tertiary alicyclic amines) is 1. The highest BCUT2D eigenvalue weighted by Gasteiger charge is 2.34. The van der Waals surface area contributed by atoms with Crippen LogP contribution >= 0.6 is 11.6 Å². The third-order valence-electron chi connectivity index (χ3n) is 4.69. The molecule has 1 heterocycles. The standard InChI is InChI=1S/C19H23ClN2O3/c1-25-17-6-5-15(20)12-14(17)4-7-18(23)21-16-8-10-22(11-9-16)19(24)13-2-3-13/h4-7,12-13,16H,2-3,8-11H2,1H3,(H,21,23)/b7-4+. The highest BCUT2D eigenvalue weighted by atomic mass is 35.5. The summed E-state index contributed by atoms with van der Waals surface area (Å²) in [6.07, 6.45) is 6.87. The van der Waals surface area contributed by atoms with Crippen LogP contribution in [0.5, 0.6) is 5.75 Å². The van der Waals surface area contributed by atoms with Gasteiger partial charge in [-0.15, -0.1) is 0 Å². The first kappa shape index (κ1) is 17.8. The van der Waals surface area contributed by atoms with E-state index in [-0.39, 0.29) is 23.8 Å². The molecule has 134 valence electrons. The molecule has 2 amide bonds. The fourth-order valence-electron chi connectivity index (χ4n) is 3.08. The fourth-order valence-corrected chi connectivity index (χ4v) is 3.26. The summed E-state index contributed by atoms with van der Waals surface area (Å²) in [6.45, 7) is 1.46. The second-order valence-electron chi connectivity index (χ2n) is 6.60. The average molecular weight is 363 g/mol. The van der Waals surface area contributed by atoms with Crippen molar-refractivity contribution in [3.63, 3.8) is 0 Å². The van der Waals surface area contributed by atoms with E-state index in [4.69, 9.17) is 16.3 Å². The van der Waals surface area contributed by atoms with E-state index < -0.39 is 0 Å². The maximum atomic E-state index is 12.2. The quantitative estimate of drug-likeness (QED) is 0.819. The maximum Gasteiger partial charge on any atom is 0.244 e. The number of ether oxygens (including phenoxy) is 1. The molecular formula is C19H23ClN2O3. The number of halogens is 1. The Morgan fingerprint density at radius 1 is 1.24 bits per heavy atom. The van der Waals surface area contributed by atoms with Gasteiger partial charge in [0.25, 0.3) is 0 Å². The summed E-state index contributed by atoms with van der Waals surface area (Å²) in [5.41, 5.74) is 0.759. The van der Waals surface area contributed by atoms with Crippen LogP contribution in [0.15, 0.2) is 24.3 Å². The Kier molecular flexibility index (Phi) is 5.63. The van der Waals surface area contributed by atoms with Crippen molar-refractivity contribution in [2.75, 3.05) is 20.2 Å². The Morgan fingerprint density at radius 2 is 1.96 bits per heavy atom. The Bertz CT molecular complexity index is 677. The first-order valence-corrected chi connectivity index (χ1v) is 9.05. The lowest BCUT2D eigenvalue weighted by molar-refractivity contribution is -0.133. The van der Waals surface area contributed by atoms with Crippen molar-refractivity contribution in [1.82, 2.24) is 10.2 Å². The number of nitrogens with zero attached hydrogens (tertiary/aromatic N) is 1. The van der Waals surface area contributed by atoms with Gasteiger partial charge in [-0.1, -0.05) is 11.6 Å². The molecule has 2 aliphatic rings. The van der Waals surface area contributed by atoms with Crippen LogP contribution in [-0.2, 0) is 9.59 Å². The van der Waals surface area contributed by atoms with Crippen LogP contribution in [0.3, 0.4) is 0 Å². The monoisotopic (exact) mass is 362 g/mol. The number of methoxy groups -OCH3 is 1. The Labute approximate surface area is 153 Å². The SMILES string of the molecule is COc1ccc(Cl)cc1/C=C/C(=O)NC1CCN(C(=O)C2CC2)CC1. The van der Waals surface area contributed by atoms with E-state index in [1.54, 1.807) is 31.4 Å². The summed E-state index contributed by atoms with van der Waals surface area (Å²) in [7, 11) is 1.58. The molecule has 6 heteroatoms. The molecule has 25 heavy (non-hydrogen) atoms. The lowest BCUT2D eigenvalue weighted by atomic mass is 10.0. The molecule has 1 aliphatic heterocycles. The van der Waals surface area contributed by atoms with Crippen molar-refractivity contribution in [2.45, 2.75) is 31.7 Å². The summed E-state index contributed by atoms with van der Waals surface area (Å²) < 4.78 is 5.26. The lowest BCUT2D eigenvalue weighted by Gasteiger charge is -2.32. The number of benzene rings is 1. The van der Waals surface area contributed by atoms with Crippen molar-refractivity contribution in [1.29, 1.82) is 0 Å². The van der Waals surface area contributed by atoms with Gasteiger partial charge in [0.05, 0.1) is 7.11 Å². The van der Waals surface area contributed by atoms with E-state index >= 15 is 0 Å². The molecule has 1 aromatic rings. The summed E-state index contributed by atoms with van der Waals surface area (Å²) in [6, 6.07) is 5.38. The molecule has 1 saturated heterocycles. The zero-order valence-electron chi connectivity index (χ0n) is 14.3. The second-order valence-corrected chi connectivity index (χ2v) is 7.04. The fraction of sp³-hybridized carbons (Fsp3) is 0.474.